The number of hydrogen-bond acceptors (Lipinski definition) is 5. The Labute approximate surface area is 75.0 Å². The lowest BCUT2D eigenvalue weighted by Gasteiger charge is -2.09. The summed E-state index contributed by atoms with van der Waals surface area (Å²) in [6, 6.07) is 1.83. The number of hydrogen-bond donors (Lipinski definition) is 0. The van der Waals surface area contributed by atoms with Crippen LogP contribution in [0.3, 0.4) is 0 Å². The zero-order chi connectivity index (χ0) is 9.26. The van der Waals surface area contributed by atoms with Crippen LogP contribution in [-0.4, -0.2) is 37.5 Å². The average Bonchev–Trinajstić information content (AvgIpc) is 2.68. The minimum absolute atomic E-state index is 0.216. The quantitative estimate of drug-likeness (QED) is 0.407. The zero-order valence-electron chi connectivity index (χ0n) is 6.84. The lowest BCUT2D eigenvalue weighted by Crippen LogP contribution is -2.27. The van der Waals surface area contributed by atoms with Gasteiger partial charge in [-0.2, -0.15) is 10.3 Å². The van der Waals surface area contributed by atoms with Crippen LogP contribution in [0.5, 0.6) is 0 Å². The fourth-order valence-corrected chi connectivity index (χ4v) is 1.77. The van der Waals surface area contributed by atoms with Gasteiger partial charge in [-0.25, -0.2) is 4.79 Å². The molecule has 13 heavy (non-hydrogen) atoms. The van der Waals surface area contributed by atoms with Gasteiger partial charge in [-0.3, -0.25) is 0 Å². The Bertz CT molecular complexity index is 292. The first-order valence-electron chi connectivity index (χ1n) is 4.06. The van der Waals surface area contributed by atoms with Crippen LogP contribution in [0.2, 0.25) is 0 Å². The first-order chi connectivity index (χ1) is 6.36. The van der Waals surface area contributed by atoms with Gasteiger partial charge in [0.1, 0.15) is 18.2 Å². The van der Waals surface area contributed by atoms with Crippen LogP contribution in [0.25, 0.3) is 0 Å². The van der Waals surface area contributed by atoms with Crippen molar-refractivity contribution in [3.05, 3.63) is 0 Å². The minimum Gasteiger partial charge on any atom is -0.372 e. The number of carbonyl (C=O) groups excluding carboxylic acids is 1. The van der Waals surface area contributed by atoms with Crippen molar-refractivity contribution in [2.45, 2.75) is 18.2 Å². The predicted octanol–water partition coefficient (Wildman–Crippen LogP) is -0.372. The summed E-state index contributed by atoms with van der Waals surface area (Å²) in [5, 5.41) is 8.71. The molecule has 0 N–H and O–H groups in total. The molecule has 0 aromatic rings. The third-order valence-corrected chi connectivity index (χ3v) is 2.41. The standard InChI is InChI=1S/C8H8N2O3/c9-1-5-2-12-8-6(10-4-11)3-13-7(5)8/h5-8H,2-3H2/t5-,6-,7+,8+/m0/s1. The highest BCUT2D eigenvalue weighted by atomic mass is 16.6. The Kier molecular flexibility index (Phi) is 2.11. The second-order valence-corrected chi connectivity index (χ2v) is 3.12. The van der Waals surface area contributed by atoms with Crippen molar-refractivity contribution in [2.75, 3.05) is 13.2 Å². The molecular formula is C8H8N2O3. The Morgan fingerprint density at radius 2 is 2.08 bits per heavy atom. The van der Waals surface area contributed by atoms with Crippen LogP contribution in [0, 0.1) is 17.2 Å². The van der Waals surface area contributed by atoms with Gasteiger partial charge in [-0.1, -0.05) is 0 Å². The number of isocyanates is 1. The fourth-order valence-electron chi connectivity index (χ4n) is 1.77. The Morgan fingerprint density at radius 3 is 2.77 bits per heavy atom. The van der Waals surface area contributed by atoms with E-state index in [0.717, 1.165) is 0 Å². The third-order valence-electron chi connectivity index (χ3n) is 2.41. The molecule has 0 bridgehead atoms. The summed E-state index contributed by atoms with van der Waals surface area (Å²) in [5.41, 5.74) is 0. The maximum atomic E-state index is 10.0. The number of ether oxygens (including phenoxy) is 2. The highest BCUT2D eigenvalue weighted by molar-refractivity contribution is 5.34. The van der Waals surface area contributed by atoms with Crippen molar-refractivity contribution in [2.24, 2.45) is 10.9 Å². The first-order valence-corrected chi connectivity index (χ1v) is 4.06. The summed E-state index contributed by atoms with van der Waals surface area (Å²) in [6.07, 6.45) is 1.04. The second-order valence-electron chi connectivity index (χ2n) is 3.12. The fraction of sp³-hybridized carbons (Fsp3) is 0.750. The van der Waals surface area contributed by atoms with Crippen LogP contribution in [0.1, 0.15) is 0 Å². The SMILES string of the molecule is N#C[C@H]1CO[C@H]2[C@@H]1OC[C@@H]2N=C=O. The predicted molar refractivity (Wildman–Crippen MR) is 40.5 cm³/mol. The molecule has 2 heterocycles. The van der Waals surface area contributed by atoms with E-state index in [0.29, 0.717) is 13.2 Å². The van der Waals surface area contributed by atoms with E-state index >= 15 is 0 Å². The maximum Gasteiger partial charge on any atom is 0.235 e. The van der Waals surface area contributed by atoms with E-state index in [2.05, 4.69) is 11.1 Å². The summed E-state index contributed by atoms with van der Waals surface area (Å²) < 4.78 is 10.7. The highest BCUT2D eigenvalue weighted by Gasteiger charge is 2.47. The van der Waals surface area contributed by atoms with E-state index in [-0.39, 0.29) is 24.2 Å². The molecule has 68 valence electrons. The van der Waals surface area contributed by atoms with Gasteiger partial charge in [0.05, 0.1) is 25.2 Å². The van der Waals surface area contributed by atoms with Gasteiger partial charge in [0.2, 0.25) is 6.08 Å². The lowest BCUT2D eigenvalue weighted by molar-refractivity contribution is 0.0677. The van der Waals surface area contributed by atoms with Gasteiger partial charge in [0.15, 0.2) is 0 Å². The number of aliphatic imine (C=N–C) groups is 1. The summed E-state index contributed by atoms with van der Waals surface area (Å²) in [5.74, 6) is -0.225. The lowest BCUT2D eigenvalue weighted by atomic mass is 10.0. The molecule has 5 heteroatoms. The van der Waals surface area contributed by atoms with E-state index in [1.54, 1.807) is 0 Å². The van der Waals surface area contributed by atoms with E-state index in [1.165, 1.54) is 6.08 Å². The van der Waals surface area contributed by atoms with Crippen LogP contribution in [0.4, 0.5) is 0 Å². The van der Waals surface area contributed by atoms with Crippen molar-refractivity contribution < 1.29 is 14.3 Å². The molecule has 4 atom stereocenters. The van der Waals surface area contributed by atoms with Crippen molar-refractivity contribution in [1.82, 2.24) is 0 Å². The maximum absolute atomic E-state index is 10.0. The molecule has 0 aromatic heterocycles. The molecule has 0 spiro atoms. The average molecular weight is 180 g/mol. The van der Waals surface area contributed by atoms with Gasteiger partial charge in [0.25, 0.3) is 0 Å². The largest absolute Gasteiger partial charge is 0.372 e. The molecule has 2 aliphatic heterocycles. The summed E-state index contributed by atoms with van der Waals surface area (Å²) >= 11 is 0. The number of nitriles is 1. The zero-order valence-corrected chi connectivity index (χ0v) is 6.84. The van der Waals surface area contributed by atoms with Crippen LogP contribution in [-0.2, 0) is 14.3 Å². The second kappa shape index (κ2) is 3.27. The third kappa shape index (κ3) is 1.25. The van der Waals surface area contributed by atoms with Gasteiger partial charge in [-0.15, -0.1) is 0 Å². The smallest absolute Gasteiger partial charge is 0.235 e. The molecular weight excluding hydrogens is 172 g/mol. The molecule has 0 radical (unpaired) electrons. The number of rotatable bonds is 1. The number of nitrogens with zero attached hydrogens (tertiary/aromatic N) is 2. The van der Waals surface area contributed by atoms with E-state index < -0.39 is 0 Å². The molecule has 2 rings (SSSR count). The van der Waals surface area contributed by atoms with E-state index in [9.17, 15) is 4.79 Å². The van der Waals surface area contributed by atoms with E-state index in [4.69, 9.17) is 14.7 Å². The number of fused-ring (bicyclic) bond motifs is 1. The van der Waals surface area contributed by atoms with Crippen molar-refractivity contribution in [1.29, 1.82) is 5.26 Å². The monoisotopic (exact) mass is 180 g/mol. The van der Waals surface area contributed by atoms with Gasteiger partial charge in [-0.05, 0) is 0 Å². The van der Waals surface area contributed by atoms with Crippen molar-refractivity contribution >= 4 is 6.08 Å². The topological polar surface area (TPSA) is 71.7 Å². The van der Waals surface area contributed by atoms with Crippen molar-refractivity contribution in [3.63, 3.8) is 0 Å². The molecule has 2 aliphatic rings. The molecule has 2 fully saturated rings. The molecule has 0 saturated carbocycles. The first kappa shape index (κ1) is 8.39. The molecule has 2 saturated heterocycles. The van der Waals surface area contributed by atoms with Crippen LogP contribution in [0.15, 0.2) is 4.99 Å². The summed E-state index contributed by atoms with van der Waals surface area (Å²) in [7, 11) is 0. The van der Waals surface area contributed by atoms with Crippen LogP contribution < -0.4 is 0 Å². The Morgan fingerprint density at radius 1 is 1.31 bits per heavy atom. The van der Waals surface area contributed by atoms with Crippen molar-refractivity contribution in [3.8, 4) is 6.07 Å². The van der Waals surface area contributed by atoms with Crippen LogP contribution >= 0.6 is 0 Å². The molecule has 0 unspecified atom stereocenters. The minimum atomic E-state index is -0.277. The molecule has 0 aromatic carbocycles. The Hall–Kier alpha value is -1.21. The van der Waals surface area contributed by atoms with Gasteiger partial charge >= 0.3 is 0 Å². The summed E-state index contributed by atoms with van der Waals surface area (Å²) in [6.45, 7) is 0.722. The van der Waals surface area contributed by atoms with Gasteiger partial charge in [0, 0.05) is 0 Å². The van der Waals surface area contributed by atoms with Gasteiger partial charge < -0.3 is 9.47 Å². The van der Waals surface area contributed by atoms with E-state index in [1.807, 2.05) is 0 Å². The highest BCUT2D eigenvalue weighted by Crippen LogP contribution is 2.31. The molecule has 5 nitrogen and oxygen atoms in total. The Balaban J connectivity index is 2.12. The molecule has 0 aliphatic carbocycles. The molecule has 0 amide bonds. The summed E-state index contributed by atoms with van der Waals surface area (Å²) in [4.78, 5) is 13.6. The normalized spacial score (nSPS) is 42.1.